The average Bonchev–Trinajstić information content (AvgIpc) is 3.18. The van der Waals surface area contributed by atoms with Crippen LogP contribution in [0.1, 0.15) is 64.7 Å². The van der Waals surface area contributed by atoms with Gasteiger partial charge in [0.05, 0.1) is 0 Å². The number of fused-ring (bicyclic) bond motifs is 5. The molecule has 0 radical (unpaired) electrons. The molecule has 0 aromatic rings. The molecule has 0 unspecified atom stereocenters. The number of rotatable bonds is 0. The minimum atomic E-state index is -0.664. The molecular weight excluding hydrogens is 427 g/mol. The third-order valence-corrected chi connectivity index (χ3v) is 9.96. The first-order chi connectivity index (χ1) is 12.0. The van der Waals surface area contributed by atoms with Crippen LogP contribution >= 0.6 is 21.9 Å². The Morgan fingerprint density at radius 3 is 2.44 bits per heavy atom. The second-order valence-corrected chi connectivity index (χ2v) is 10.3. The van der Waals surface area contributed by atoms with Crippen molar-refractivity contribution in [2.75, 3.05) is 13.2 Å². The zero-order valence-corrected chi connectivity index (χ0v) is 17.5. The van der Waals surface area contributed by atoms with Gasteiger partial charge in [-0.15, -0.1) is 0 Å². The first kappa shape index (κ1) is 17.5. The van der Waals surface area contributed by atoms with Crippen molar-refractivity contribution in [1.82, 2.24) is 0 Å². The van der Waals surface area contributed by atoms with E-state index in [-0.39, 0.29) is 11.2 Å². The van der Waals surface area contributed by atoms with Gasteiger partial charge in [0.15, 0.2) is 0 Å². The van der Waals surface area contributed by atoms with Crippen molar-refractivity contribution < 1.29 is 14.6 Å². The molecule has 5 fully saturated rings. The topological polar surface area (TPSA) is 38.7 Å². The molecule has 1 N–H and O–H groups in total. The normalized spacial score (nSPS) is 53.8. The molecule has 0 aromatic heterocycles. The van der Waals surface area contributed by atoms with Crippen LogP contribution in [-0.4, -0.2) is 29.7 Å². The zero-order chi connectivity index (χ0) is 17.3. The predicted molar refractivity (Wildman–Crippen MR) is 105 cm³/mol. The summed E-state index contributed by atoms with van der Waals surface area (Å²) in [7, 11) is 0. The van der Waals surface area contributed by atoms with Gasteiger partial charge in [-0.05, 0) is 0 Å². The van der Waals surface area contributed by atoms with E-state index in [4.69, 9.17) is 9.47 Å². The van der Waals surface area contributed by atoms with Crippen LogP contribution in [0.3, 0.4) is 0 Å². The molecule has 4 saturated carbocycles. The summed E-state index contributed by atoms with van der Waals surface area (Å²) in [5.74, 6) is 3.80. The molecule has 140 valence electrons. The van der Waals surface area contributed by atoms with E-state index >= 15 is 0 Å². The molecule has 1 aliphatic heterocycles. The maximum absolute atomic E-state index is 11.2. The van der Waals surface area contributed by atoms with Crippen molar-refractivity contribution in [3.8, 4) is 3.81 Å². The molecule has 3 nitrogen and oxygen atoms in total. The molecule has 4 heteroatoms. The van der Waals surface area contributed by atoms with Crippen molar-refractivity contribution in [1.29, 1.82) is 0 Å². The van der Waals surface area contributed by atoms with Gasteiger partial charge in [-0.2, -0.15) is 0 Å². The third-order valence-electron chi connectivity index (χ3n) is 9.07. The number of ether oxygens (including phenoxy) is 2. The van der Waals surface area contributed by atoms with Gasteiger partial charge in [-0.25, -0.2) is 0 Å². The summed E-state index contributed by atoms with van der Waals surface area (Å²) in [5, 5.41) is 11.2. The van der Waals surface area contributed by atoms with Gasteiger partial charge in [0.25, 0.3) is 0 Å². The zero-order valence-electron chi connectivity index (χ0n) is 15.3. The summed E-state index contributed by atoms with van der Waals surface area (Å²) >= 11 is 2.17. The molecule has 0 aromatic carbocycles. The average molecular weight is 458 g/mol. The van der Waals surface area contributed by atoms with Gasteiger partial charge < -0.3 is 0 Å². The van der Waals surface area contributed by atoms with E-state index in [0.717, 1.165) is 56.1 Å². The second kappa shape index (κ2) is 5.94. The fourth-order valence-electron chi connectivity index (χ4n) is 7.76. The maximum atomic E-state index is 11.2. The van der Waals surface area contributed by atoms with Crippen molar-refractivity contribution in [3.63, 3.8) is 0 Å². The monoisotopic (exact) mass is 458 g/mol. The fraction of sp³-hybridized carbons (Fsp3) is 0.952. The van der Waals surface area contributed by atoms with Crippen LogP contribution in [0.25, 0.3) is 0 Å². The molecule has 1 heterocycles. The Labute approximate surface area is 164 Å². The van der Waals surface area contributed by atoms with E-state index in [2.05, 4.69) is 32.6 Å². The molecule has 1 spiro atoms. The van der Waals surface area contributed by atoms with Crippen LogP contribution in [-0.2, 0) is 9.47 Å². The summed E-state index contributed by atoms with van der Waals surface area (Å²) in [6.07, 6.45) is 10.8. The van der Waals surface area contributed by atoms with Crippen molar-refractivity contribution in [2.24, 2.45) is 35.0 Å². The van der Waals surface area contributed by atoms with E-state index in [1.54, 1.807) is 0 Å². The molecule has 0 bridgehead atoms. The Bertz CT molecular complexity index is 594. The minimum absolute atomic E-state index is 0.0513. The van der Waals surface area contributed by atoms with Crippen molar-refractivity contribution in [3.05, 3.63) is 0 Å². The molecule has 7 atom stereocenters. The molecule has 5 aliphatic rings. The van der Waals surface area contributed by atoms with Crippen LogP contribution in [0.2, 0.25) is 0 Å². The summed E-state index contributed by atoms with van der Waals surface area (Å²) in [6.45, 7) is 3.92. The van der Waals surface area contributed by atoms with Crippen molar-refractivity contribution >= 4 is 21.9 Å². The first-order valence-electron chi connectivity index (χ1n) is 10.4. The molecule has 5 rings (SSSR count). The van der Waals surface area contributed by atoms with Crippen LogP contribution < -0.4 is 0 Å². The van der Waals surface area contributed by atoms with E-state index in [9.17, 15) is 5.11 Å². The SMILES string of the molecule is C[C@]12CC[C@H]3[C@@H](CC[C@H]4CC5(CC[C@@H]43)OCCO5)[C@@H]1CC[C@@]2(O)C#I. The molecule has 1 saturated heterocycles. The first-order valence-corrected chi connectivity index (χ1v) is 11.5. The summed E-state index contributed by atoms with van der Waals surface area (Å²) in [4.78, 5) is 0. The fourth-order valence-corrected chi connectivity index (χ4v) is 8.64. The van der Waals surface area contributed by atoms with Gasteiger partial charge in [-0.3, -0.25) is 0 Å². The number of aliphatic hydroxyl groups is 1. The summed E-state index contributed by atoms with van der Waals surface area (Å²) < 4.78 is 15.3. The standard InChI is InChI=1S/C21H31IO3/c1-19-7-4-16-15-5-9-21(24-10-11-25-21)12-14(15)2-3-17(16)18(19)6-8-20(19,23)13-22/h14-18,23H,2-12H2,1H3/t14-,15-,16+,17+,18-,19-,20+/m0/s1. The van der Waals surface area contributed by atoms with Crippen LogP contribution in [0.4, 0.5) is 0 Å². The molecule has 0 amide bonds. The number of hydrogen-bond donors (Lipinski definition) is 1. The van der Waals surface area contributed by atoms with Gasteiger partial charge in [0.2, 0.25) is 0 Å². The van der Waals surface area contributed by atoms with Crippen LogP contribution in [0.5, 0.6) is 0 Å². The van der Waals surface area contributed by atoms with Crippen molar-refractivity contribution in [2.45, 2.75) is 76.1 Å². The summed E-state index contributed by atoms with van der Waals surface area (Å²) in [6, 6.07) is 0. The number of hydrogen-bond acceptors (Lipinski definition) is 3. The predicted octanol–water partition coefficient (Wildman–Crippen LogP) is 4.51. The molecule has 25 heavy (non-hydrogen) atoms. The van der Waals surface area contributed by atoms with E-state index in [0.29, 0.717) is 5.92 Å². The third kappa shape index (κ3) is 2.40. The Morgan fingerprint density at radius 1 is 0.920 bits per heavy atom. The van der Waals surface area contributed by atoms with Gasteiger partial charge in [0.1, 0.15) is 0 Å². The molecule has 4 aliphatic carbocycles. The summed E-state index contributed by atoms with van der Waals surface area (Å²) in [5.41, 5.74) is -0.613. The van der Waals surface area contributed by atoms with E-state index < -0.39 is 5.60 Å². The quantitative estimate of drug-likeness (QED) is 0.543. The number of halogens is 1. The van der Waals surface area contributed by atoms with E-state index in [1.165, 1.54) is 38.5 Å². The Balaban J connectivity index is 1.37. The van der Waals surface area contributed by atoms with Crippen LogP contribution in [0, 0.1) is 38.8 Å². The van der Waals surface area contributed by atoms with Gasteiger partial charge in [-0.1, -0.05) is 0 Å². The molecular formula is C21H31IO3. The second-order valence-electron chi connectivity index (χ2n) is 9.74. The Kier molecular flexibility index (Phi) is 4.16. The van der Waals surface area contributed by atoms with E-state index in [1.807, 2.05) is 0 Å². The van der Waals surface area contributed by atoms with Gasteiger partial charge in [0, 0.05) is 0 Å². The van der Waals surface area contributed by atoms with Crippen LogP contribution in [0.15, 0.2) is 0 Å². The van der Waals surface area contributed by atoms with Gasteiger partial charge >= 0.3 is 165 Å². The Morgan fingerprint density at radius 2 is 1.68 bits per heavy atom. The Hall–Kier alpha value is 0.390.